The average Bonchev–Trinajstić information content (AvgIpc) is 2.82. The molecule has 1 atom stereocenters. The Morgan fingerprint density at radius 1 is 1.11 bits per heavy atom. The lowest BCUT2D eigenvalue weighted by molar-refractivity contribution is 0.149. The second-order valence-electron chi connectivity index (χ2n) is 5.05. The van der Waals surface area contributed by atoms with Gasteiger partial charge >= 0.3 is 0 Å². The number of hydrogen-bond acceptors (Lipinski definition) is 2. The van der Waals surface area contributed by atoms with Crippen LogP contribution in [0.25, 0.3) is 0 Å². The van der Waals surface area contributed by atoms with Crippen molar-refractivity contribution < 1.29 is 5.11 Å². The summed E-state index contributed by atoms with van der Waals surface area (Å²) in [7, 11) is 0. The van der Waals surface area contributed by atoms with E-state index >= 15 is 0 Å². The largest absolute Gasteiger partial charge is 0.385 e. The zero-order chi connectivity index (χ0) is 13.2. The molecule has 0 amide bonds. The van der Waals surface area contributed by atoms with Crippen molar-refractivity contribution >= 4 is 0 Å². The maximum Gasteiger partial charge on any atom is 0.137 e. The number of aromatic nitrogens is 2. The van der Waals surface area contributed by atoms with Gasteiger partial charge in [-0.05, 0) is 12.8 Å². The highest BCUT2D eigenvalue weighted by Gasteiger charge is 2.12. The maximum absolute atomic E-state index is 10.1. The summed E-state index contributed by atoms with van der Waals surface area (Å²) in [4.78, 5) is 4.28. The van der Waals surface area contributed by atoms with Gasteiger partial charge in [0.1, 0.15) is 11.9 Å². The quantitative estimate of drug-likeness (QED) is 0.637. The fraction of sp³-hybridized carbons (Fsp3) is 0.800. The van der Waals surface area contributed by atoms with Gasteiger partial charge in [-0.1, -0.05) is 52.4 Å². The molecule has 0 radical (unpaired) electrons. The summed E-state index contributed by atoms with van der Waals surface area (Å²) < 4.78 is 2.07. The molecule has 0 saturated carbocycles. The van der Waals surface area contributed by atoms with Gasteiger partial charge in [-0.25, -0.2) is 4.98 Å². The van der Waals surface area contributed by atoms with E-state index in [2.05, 4.69) is 23.4 Å². The third kappa shape index (κ3) is 5.21. The molecule has 0 aliphatic carbocycles. The Kier molecular flexibility index (Phi) is 7.74. The standard InChI is InChI=1S/C15H28N2O/c1-3-5-6-7-8-9-10-14(18)15-16-11-13-17(15)12-4-2/h11,13-14,18H,3-10,12H2,1-2H3. The summed E-state index contributed by atoms with van der Waals surface area (Å²) >= 11 is 0. The number of unbranched alkanes of at least 4 members (excludes halogenated alkanes) is 5. The molecule has 104 valence electrons. The average molecular weight is 252 g/mol. The molecule has 1 unspecified atom stereocenters. The lowest BCUT2D eigenvalue weighted by Crippen LogP contribution is -2.08. The van der Waals surface area contributed by atoms with Crippen LogP contribution in [-0.2, 0) is 6.54 Å². The molecule has 0 fully saturated rings. The summed E-state index contributed by atoms with van der Waals surface area (Å²) in [6.07, 6.45) is 12.9. The molecule has 0 aliphatic rings. The fourth-order valence-corrected chi connectivity index (χ4v) is 2.30. The van der Waals surface area contributed by atoms with Crippen molar-refractivity contribution in [2.24, 2.45) is 0 Å². The van der Waals surface area contributed by atoms with Crippen LogP contribution < -0.4 is 0 Å². The van der Waals surface area contributed by atoms with Gasteiger partial charge in [-0.2, -0.15) is 0 Å². The molecule has 1 aromatic heterocycles. The van der Waals surface area contributed by atoms with E-state index < -0.39 is 6.10 Å². The predicted molar refractivity (Wildman–Crippen MR) is 75.5 cm³/mol. The summed E-state index contributed by atoms with van der Waals surface area (Å²) in [5.74, 6) is 0.838. The van der Waals surface area contributed by atoms with Gasteiger partial charge in [0, 0.05) is 18.9 Å². The van der Waals surface area contributed by atoms with E-state index in [9.17, 15) is 5.11 Å². The van der Waals surface area contributed by atoms with Crippen LogP contribution in [0.4, 0.5) is 0 Å². The van der Waals surface area contributed by atoms with Crippen molar-refractivity contribution in [2.45, 2.75) is 77.9 Å². The van der Waals surface area contributed by atoms with Crippen molar-refractivity contribution in [3.8, 4) is 0 Å². The number of aryl methyl sites for hydroxylation is 1. The molecule has 1 heterocycles. The zero-order valence-electron chi connectivity index (χ0n) is 11.9. The molecule has 18 heavy (non-hydrogen) atoms. The third-order valence-electron chi connectivity index (χ3n) is 3.34. The number of nitrogens with zero attached hydrogens (tertiary/aromatic N) is 2. The molecule has 0 aliphatic heterocycles. The van der Waals surface area contributed by atoms with Crippen LogP contribution in [0, 0.1) is 0 Å². The number of aliphatic hydroxyl groups excluding tert-OH is 1. The Bertz CT molecular complexity index is 309. The first-order valence-electron chi connectivity index (χ1n) is 7.48. The molecule has 1 aromatic rings. The lowest BCUT2D eigenvalue weighted by Gasteiger charge is -2.12. The van der Waals surface area contributed by atoms with Gasteiger partial charge in [-0.15, -0.1) is 0 Å². The molecule has 0 spiro atoms. The van der Waals surface area contributed by atoms with Crippen molar-refractivity contribution in [3.63, 3.8) is 0 Å². The Morgan fingerprint density at radius 3 is 2.56 bits per heavy atom. The van der Waals surface area contributed by atoms with E-state index in [-0.39, 0.29) is 0 Å². The molecule has 0 saturated heterocycles. The smallest absolute Gasteiger partial charge is 0.137 e. The van der Waals surface area contributed by atoms with Crippen LogP contribution in [0.3, 0.4) is 0 Å². The second-order valence-corrected chi connectivity index (χ2v) is 5.05. The van der Waals surface area contributed by atoms with Crippen molar-refractivity contribution in [1.82, 2.24) is 9.55 Å². The van der Waals surface area contributed by atoms with Crippen molar-refractivity contribution in [2.75, 3.05) is 0 Å². The minimum atomic E-state index is -0.391. The maximum atomic E-state index is 10.1. The van der Waals surface area contributed by atoms with Gasteiger partial charge in [0.2, 0.25) is 0 Å². The predicted octanol–water partition coefficient (Wildman–Crippen LogP) is 4.08. The van der Waals surface area contributed by atoms with E-state index in [1.54, 1.807) is 6.20 Å². The van der Waals surface area contributed by atoms with Gasteiger partial charge < -0.3 is 9.67 Å². The van der Waals surface area contributed by atoms with E-state index in [4.69, 9.17) is 0 Å². The van der Waals surface area contributed by atoms with Crippen LogP contribution in [-0.4, -0.2) is 14.7 Å². The first-order valence-corrected chi connectivity index (χ1v) is 7.48. The van der Waals surface area contributed by atoms with Crippen LogP contribution in [0.2, 0.25) is 0 Å². The summed E-state index contributed by atoms with van der Waals surface area (Å²) in [5, 5.41) is 10.1. The highest BCUT2D eigenvalue weighted by atomic mass is 16.3. The van der Waals surface area contributed by atoms with Crippen molar-refractivity contribution in [1.29, 1.82) is 0 Å². The summed E-state index contributed by atoms with van der Waals surface area (Å²) in [5.41, 5.74) is 0. The highest BCUT2D eigenvalue weighted by molar-refractivity contribution is 4.96. The fourth-order valence-electron chi connectivity index (χ4n) is 2.30. The Hall–Kier alpha value is -0.830. The zero-order valence-corrected chi connectivity index (χ0v) is 11.9. The van der Waals surface area contributed by atoms with Crippen LogP contribution in [0.5, 0.6) is 0 Å². The number of aliphatic hydroxyl groups is 1. The van der Waals surface area contributed by atoms with Gasteiger partial charge in [0.25, 0.3) is 0 Å². The van der Waals surface area contributed by atoms with E-state index in [0.29, 0.717) is 0 Å². The normalized spacial score (nSPS) is 12.8. The van der Waals surface area contributed by atoms with E-state index in [1.165, 1.54) is 32.1 Å². The molecule has 3 nitrogen and oxygen atoms in total. The minimum Gasteiger partial charge on any atom is -0.385 e. The topological polar surface area (TPSA) is 38.1 Å². The van der Waals surface area contributed by atoms with Gasteiger partial charge in [-0.3, -0.25) is 0 Å². The Balaban J connectivity index is 2.23. The summed E-state index contributed by atoms with van der Waals surface area (Å²) in [6, 6.07) is 0. The SMILES string of the molecule is CCCCCCCCC(O)c1nccn1CCC. The van der Waals surface area contributed by atoms with Gasteiger partial charge in [0.05, 0.1) is 0 Å². The van der Waals surface area contributed by atoms with Gasteiger partial charge in [0.15, 0.2) is 0 Å². The number of hydrogen-bond donors (Lipinski definition) is 1. The third-order valence-corrected chi connectivity index (χ3v) is 3.34. The van der Waals surface area contributed by atoms with Crippen molar-refractivity contribution in [3.05, 3.63) is 18.2 Å². The molecule has 0 bridgehead atoms. The molecule has 1 rings (SSSR count). The summed E-state index contributed by atoms with van der Waals surface area (Å²) in [6.45, 7) is 5.32. The van der Waals surface area contributed by atoms with Crippen LogP contribution >= 0.6 is 0 Å². The first kappa shape index (κ1) is 15.2. The molecule has 0 aromatic carbocycles. The Morgan fingerprint density at radius 2 is 1.83 bits per heavy atom. The molecular weight excluding hydrogens is 224 g/mol. The Labute approximate surface area is 111 Å². The second kappa shape index (κ2) is 9.15. The van der Waals surface area contributed by atoms with Crippen LogP contribution in [0.1, 0.15) is 77.1 Å². The number of rotatable bonds is 10. The first-order chi connectivity index (χ1) is 8.79. The number of imidazole rings is 1. The molecule has 3 heteroatoms. The highest BCUT2D eigenvalue weighted by Crippen LogP contribution is 2.19. The monoisotopic (exact) mass is 252 g/mol. The lowest BCUT2D eigenvalue weighted by atomic mass is 10.1. The minimum absolute atomic E-state index is 0.391. The van der Waals surface area contributed by atoms with Crippen LogP contribution in [0.15, 0.2) is 12.4 Å². The molecular formula is C15H28N2O. The van der Waals surface area contributed by atoms with E-state index in [0.717, 1.165) is 31.6 Å². The van der Waals surface area contributed by atoms with E-state index in [1.807, 2.05) is 6.20 Å². The molecule has 1 N–H and O–H groups in total.